The molecule has 2 rings (SSSR count). The van der Waals surface area contributed by atoms with Gasteiger partial charge in [-0.15, -0.1) is 5.10 Å². The number of aromatic amines is 1. The summed E-state index contributed by atoms with van der Waals surface area (Å²) < 4.78 is 0. The lowest BCUT2D eigenvalue weighted by Crippen LogP contribution is -2.52. The first kappa shape index (κ1) is 15.5. The fourth-order valence-corrected chi connectivity index (χ4v) is 3.04. The van der Waals surface area contributed by atoms with Crippen molar-refractivity contribution in [2.45, 2.75) is 57.4 Å². The number of nitrogens with one attached hydrogen (secondary N) is 1. The van der Waals surface area contributed by atoms with Crippen LogP contribution in [0.5, 0.6) is 0 Å². The van der Waals surface area contributed by atoms with E-state index >= 15 is 0 Å². The van der Waals surface area contributed by atoms with Crippen LogP contribution in [0.15, 0.2) is 0 Å². The summed E-state index contributed by atoms with van der Waals surface area (Å²) in [7, 11) is 1.67. The summed E-state index contributed by atoms with van der Waals surface area (Å²) >= 11 is 0. The summed E-state index contributed by atoms with van der Waals surface area (Å²) in [5.41, 5.74) is -0.617. The van der Waals surface area contributed by atoms with E-state index in [1.807, 2.05) is 6.92 Å². The number of aryl methyl sites for hydroxylation is 1. The Morgan fingerprint density at radius 3 is 2.52 bits per heavy atom. The zero-order chi connectivity index (χ0) is 15.5. The van der Waals surface area contributed by atoms with Crippen molar-refractivity contribution in [2.75, 3.05) is 7.05 Å². The first-order valence-electron chi connectivity index (χ1n) is 7.40. The first-order valence-corrected chi connectivity index (χ1v) is 7.40. The molecule has 7 heteroatoms. The summed E-state index contributed by atoms with van der Waals surface area (Å²) in [5, 5.41) is 15.9. The van der Waals surface area contributed by atoms with E-state index in [2.05, 4.69) is 15.2 Å². The number of nitrogens with zero attached hydrogens (tertiary/aromatic N) is 3. The highest BCUT2D eigenvalue weighted by Gasteiger charge is 2.41. The number of carboxylic acid groups (broad SMARTS) is 1. The molecule has 0 bridgehead atoms. The third kappa shape index (κ3) is 3.22. The molecule has 1 aromatic rings. The molecule has 0 unspecified atom stereocenters. The molecule has 1 aliphatic rings. The van der Waals surface area contributed by atoms with Crippen molar-refractivity contribution in [3.63, 3.8) is 0 Å². The normalized spacial score (nSPS) is 17.4. The van der Waals surface area contributed by atoms with Gasteiger partial charge in [0, 0.05) is 13.5 Å². The number of hydrogen-bond donors (Lipinski definition) is 2. The average molecular weight is 294 g/mol. The van der Waals surface area contributed by atoms with Crippen LogP contribution in [0.4, 0.5) is 0 Å². The number of rotatable bonds is 5. The molecule has 116 valence electrons. The molecule has 1 amide bonds. The van der Waals surface area contributed by atoms with E-state index in [1.54, 1.807) is 11.9 Å². The van der Waals surface area contributed by atoms with Gasteiger partial charge in [0.05, 0.1) is 12.0 Å². The monoisotopic (exact) mass is 294 g/mol. The van der Waals surface area contributed by atoms with E-state index in [1.165, 1.54) is 0 Å². The predicted molar refractivity (Wildman–Crippen MR) is 75.9 cm³/mol. The predicted octanol–water partition coefficient (Wildman–Crippen LogP) is 1.62. The van der Waals surface area contributed by atoms with Crippen LogP contribution in [0, 0.1) is 0 Å². The Labute approximate surface area is 123 Å². The lowest BCUT2D eigenvalue weighted by Gasteiger charge is -2.43. The van der Waals surface area contributed by atoms with Gasteiger partial charge in [0.25, 0.3) is 5.91 Å². The van der Waals surface area contributed by atoms with Crippen LogP contribution in [0.1, 0.15) is 61.9 Å². The van der Waals surface area contributed by atoms with Crippen LogP contribution in [0.25, 0.3) is 0 Å². The number of hydrogen-bond acceptors (Lipinski definition) is 4. The highest BCUT2D eigenvalue weighted by Crippen LogP contribution is 2.36. The number of aliphatic carboxylic acids is 1. The number of amides is 1. The molecule has 1 fully saturated rings. The maximum atomic E-state index is 12.5. The molecule has 2 N–H and O–H groups in total. The summed E-state index contributed by atoms with van der Waals surface area (Å²) in [5.74, 6) is -0.415. The minimum atomic E-state index is -0.874. The van der Waals surface area contributed by atoms with Crippen LogP contribution >= 0.6 is 0 Å². The second-order valence-electron chi connectivity index (χ2n) is 5.68. The quantitative estimate of drug-likeness (QED) is 0.859. The fourth-order valence-electron chi connectivity index (χ4n) is 3.04. The SMILES string of the molecule is CCc1nc(C(=O)N(C)C2(CC(=O)O)CCCCC2)n[nH]1. The Hall–Kier alpha value is -1.92. The maximum absolute atomic E-state index is 12.5. The highest BCUT2D eigenvalue weighted by molar-refractivity contribution is 5.91. The summed E-state index contributed by atoms with van der Waals surface area (Å²) in [6.07, 6.45) is 5.05. The highest BCUT2D eigenvalue weighted by atomic mass is 16.4. The van der Waals surface area contributed by atoms with Crippen LogP contribution in [0.3, 0.4) is 0 Å². The van der Waals surface area contributed by atoms with Crippen molar-refractivity contribution in [1.29, 1.82) is 0 Å². The van der Waals surface area contributed by atoms with Gasteiger partial charge in [0.1, 0.15) is 5.82 Å². The molecule has 1 heterocycles. The minimum Gasteiger partial charge on any atom is -0.481 e. The van der Waals surface area contributed by atoms with Crippen LogP contribution < -0.4 is 0 Å². The number of carbonyl (C=O) groups is 2. The van der Waals surface area contributed by atoms with Crippen molar-refractivity contribution in [3.8, 4) is 0 Å². The topological polar surface area (TPSA) is 99.2 Å². The standard InChI is InChI=1S/C14H22N4O3/c1-3-10-15-12(17-16-10)13(21)18(2)14(9-11(19)20)7-5-4-6-8-14/h3-9H2,1-2H3,(H,19,20)(H,15,16,17). The Balaban J connectivity index is 2.22. The maximum Gasteiger partial charge on any atom is 0.305 e. The molecule has 0 atom stereocenters. The second-order valence-corrected chi connectivity index (χ2v) is 5.68. The van der Waals surface area contributed by atoms with Gasteiger partial charge in [-0.05, 0) is 12.8 Å². The number of H-pyrrole nitrogens is 1. The molecule has 1 saturated carbocycles. The van der Waals surface area contributed by atoms with Gasteiger partial charge in [-0.25, -0.2) is 4.98 Å². The zero-order valence-electron chi connectivity index (χ0n) is 12.6. The van der Waals surface area contributed by atoms with Crippen molar-refractivity contribution >= 4 is 11.9 Å². The molecule has 21 heavy (non-hydrogen) atoms. The Morgan fingerprint density at radius 1 is 1.33 bits per heavy atom. The molecule has 7 nitrogen and oxygen atoms in total. The molecule has 0 aromatic carbocycles. The zero-order valence-corrected chi connectivity index (χ0v) is 12.6. The summed E-state index contributed by atoms with van der Waals surface area (Å²) in [6, 6.07) is 0. The molecule has 0 aliphatic heterocycles. The third-order valence-electron chi connectivity index (χ3n) is 4.34. The Bertz CT molecular complexity index is 520. The van der Waals surface area contributed by atoms with Gasteiger partial charge in [-0.3, -0.25) is 14.7 Å². The Morgan fingerprint density at radius 2 is 2.00 bits per heavy atom. The van der Waals surface area contributed by atoms with E-state index in [9.17, 15) is 14.7 Å². The van der Waals surface area contributed by atoms with Crippen LogP contribution in [0.2, 0.25) is 0 Å². The van der Waals surface area contributed by atoms with E-state index in [4.69, 9.17) is 0 Å². The van der Waals surface area contributed by atoms with E-state index in [0.29, 0.717) is 25.1 Å². The number of aromatic nitrogens is 3. The first-order chi connectivity index (χ1) is 9.98. The van der Waals surface area contributed by atoms with Gasteiger partial charge in [0.2, 0.25) is 5.82 Å². The molecule has 1 aliphatic carbocycles. The van der Waals surface area contributed by atoms with E-state index in [0.717, 1.165) is 19.3 Å². The summed E-state index contributed by atoms with van der Waals surface area (Å²) in [6.45, 7) is 1.92. The second kappa shape index (κ2) is 6.24. The smallest absolute Gasteiger partial charge is 0.305 e. The van der Waals surface area contributed by atoms with Crippen molar-refractivity contribution < 1.29 is 14.7 Å². The molecule has 0 saturated heterocycles. The van der Waals surface area contributed by atoms with Crippen molar-refractivity contribution in [1.82, 2.24) is 20.1 Å². The molecule has 0 spiro atoms. The van der Waals surface area contributed by atoms with Crippen LogP contribution in [-0.2, 0) is 11.2 Å². The lowest BCUT2D eigenvalue weighted by molar-refractivity contribution is -0.140. The fraction of sp³-hybridized carbons (Fsp3) is 0.714. The third-order valence-corrected chi connectivity index (χ3v) is 4.34. The van der Waals surface area contributed by atoms with Crippen LogP contribution in [-0.4, -0.2) is 49.7 Å². The van der Waals surface area contributed by atoms with Gasteiger partial charge >= 0.3 is 5.97 Å². The summed E-state index contributed by atoms with van der Waals surface area (Å²) in [4.78, 5) is 29.5. The van der Waals surface area contributed by atoms with E-state index < -0.39 is 11.5 Å². The Kier molecular flexibility index (Phi) is 4.59. The molecular formula is C14H22N4O3. The molecule has 0 radical (unpaired) electrons. The van der Waals surface area contributed by atoms with Crippen molar-refractivity contribution in [3.05, 3.63) is 11.6 Å². The lowest BCUT2D eigenvalue weighted by atomic mass is 9.78. The van der Waals surface area contributed by atoms with Gasteiger partial charge in [0.15, 0.2) is 0 Å². The largest absolute Gasteiger partial charge is 0.481 e. The minimum absolute atomic E-state index is 0.0275. The molecular weight excluding hydrogens is 272 g/mol. The van der Waals surface area contributed by atoms with Gasteiger partial charge in [-0.2, -0.15) is 0 Å². The van der Waals surface area contributed by atoms with E-state index in [-0.39, 0.29) is 18.2 Å². The van der Waals surface area contributed by atoms with Gasteiger partial charge < -0.3 is 10.0 Å². The van der Waals surface area contributed by atoms with Gasteiger partial charge in [-0.1, -0.05) is 26.2 Å². The number of carbonyl (C=O) groups excluding carboxylic acids is 1. The number of carboxylic acids is 1. The average Bonchev–Trinajstić information content (AvgIpc) is 2.95. The van der Waals surface area contributed by atoms with Crippen molar-refractivity contribution in [2.24, 2.45) is 0 Å². The molecule has 1 aromatic heterocycles.